The van der Waals surface area contributed by atoms with Crippen molar-refractivity contribution in [3.05, 3.63) is 58.6 Å². The minimum Gasteiger partial charge on any atom is -0.484 e. The van der Waals surface area contributed by atoms with Crippen molar-refractivity contribution in [1.82, 2.24) is 10.2 Å². The number of piperazine rings is 1. The number of amides is 1. The fourth-order valence-corrected chi connectivity index (χ4v) is 3.74. The Balaban J connectivity index is 1.24. The first kappa shape index (κ1) is 21.7. The van der Waals surface area contributed by atoms with Gasteiger partial charge in [0.2, 0.25) is 0 Å². The van der Waals surface area contributed by atoms with Gasteiger partial charge < -0.3 is 15.0 Å². The molecule has 0 aromatic heterocycles. The van der Waals surface area contributed by atoms with Gasteiger partial charge >= 0.3 is 0 Å². The highest BCUT2D eigenvalue weighted by Crippen LogP contribution is 2.18. The van der Waals surface area contributed by atoms with E-state index in [9.17, 15) is 4.79 Å². The normalized spacial score (nSPS) is 14.6. The van der Waals surface area contributed by atoms with Gasteiger partial charge in [-0.2, -0.15) is 0 Å². The number of benzene rings is 2. The molecule has 1 amide bonds. The number of nitrogens with one attached hydrogen (secondary N) is 1. The van der Waals surface area contributed by atoms with Gasteiger partial charge in [-0.1, -0.05) is 28.1 Å². The molecule has 0 radical (unpaired) electrons. The van der Waals surface area contributed by atoms with Crippen molar-refractivity contribution in [2.45, 2.75) is 19.8 Å². The van der Waals surface area contributed by atoms with Crippen LogP contribution in [-0.4, -0.2) is 56.7 Å². The van der Waals surface area contributed by atoms with Gasteiger partial charge in [0.15, 0.2) is 6.61 Å². The van der Waals surface area contributed by atoms with Crippen LogP contribution in [0.25, 0.3) is 0 Å². The largest absolute Gasteiger partial charge is 0.484 e. The quantitative estimate of drug-likeness (QED) is 0.578. The van der Waals surface area contributed by atoms with Crippen LogP contribution in [0.2, 0.25) is 0 Å². The molecule has 0 saturated carbocycles. The summed E-state index contributed by atoms with van der Waals surface area (Å²) in [7, 11) is 0. The Morgan fingerprint density at radius 1 is 1.07 bits per heavy atom. The van der Waals surface area contributed by atoms with E-state index in [2.05, 4.69) is 62.2 Å². The number of hydrogen-bond donors (Lipinski definition) is 1. The van der Waals surface area contributed by atoms with E-state index < -0.39 is 0 Å². The van der Waals surface area contributed by atoms with Crippen LogP contribution in [0.5, 0.6) is 5.75 Å². The van der Waals surface area contributed by atoms with Crippen molar-refractivity contribution < 1.29 is 9.53 Å². The molecule has 1 fully saturated rings. The number of unbranched alkanes of at least 4 members (excludes halogenated alkanes) is 1. The SMILES string of the molecule is Cc1cccc(N2CCN(CCCCNC(=O)COc3ccc(Br)cc3)CC2)c1. The van der Waals surface area contributed by atoms with E-state index >= 15 is 0 Å². The van der Waals surface area contributed by atoms with Crippen molar-refractivity contribution in [3.8, 4) is 5.75 Å². The molecule has 2 aromatic rings. The van der Waals surface area contributed by atoms with E-state index in [0.29, 0.717) is 12.3 Å². The maximum atomic E-state index is 11.9. The van der Waals surface area contributed by atoms with Crippen LogP contribution in [-0.2, 0) is 4.79 Å². The van der Waals surface area contributed by atoms with Crippen molar-refractivity contribution in [3.63, 3.8) is 0 Å². The lowest BCUT2D eigenvalue weighted by Crippen LogP contribution is -2.46. The van der Waals surface area contributed by atoms with Gasteiger partial charge in [0, 0.05) is 42.9 Å². The Hall–Kier alpha value is -2.05. The molecular formula is C23H30BrN3O2. The number of nitrogens with zero attached hydrogens (tertiary/aromatic N) is 2. The Morgan fingerprint density at radius 3 is 2.55 bits per heavy atom. The third kappa shape index (κ3) is 7.37. The lowest BCUT2D eigenvalue weighted by atomic mass is 10.2. The number of anilines is 1. The summed E-state index contributed by atoms with van der Waals surface area (Å²) in [5, 5.41) is 2.94. The lowest BCUT2D eigenvalue weighted by Gasteiger charge is -2.36. The number of aryl methyl sites for hydroxylation is 1. The van der Waals surface area contributed by atoms with Crippen molar-refractivity contribution >= 4 is 27.5 Å². The van der Waals surface area contributed by atoms with E-state index in [4.69, 9.17) is 4.74 Å². The second kappa shape index (κ2) is 11.2. The zero-order chi connectivity index (χ0) is 20.5. The third-order valence-corrected chi connectivity index (χ3v) is 5.67. The van der Waals surface area contributed by atoms with Crippen LogP contribution in [0.4, 0.5) is 5.69 Å². The molecule has 2 aromatic carbocycles. The van der Waals surface area contributed by atoms with Gasteiger partial charge in [-0.05, 0) is 68.3 Å². The first-order valence-corrected chi connectivity index (χ1v) is 11.1. The Kier molecular flexibility index (Phi) is 8.38. The topological polar surface area (TPSA) is 44.8 Å². The van der Waals surface area contributed by atoms with E-state index in [0.717, 1.165) is 50.0 Å². The Morgan fingerprint density at radius 2 is 1.83 bits per heavy atom. The second-order valence-electron chi connectivity index (χ2n) is 7.47. The highest BCUT2D eigenvalue weighted by atomic mass is 79.9. The molecule has 1 aliphatic rings. The van der Waals surface area contributed by atoms with Crippen LogP contribution < -0.4 is 15.0 Å². The molecular weight excluding hydrogens is 430 g/mol. The number of hydrogen-bond acceptors (Lipinski definition) is 4. The standard InChI is InChI=1S/C23H30BrN3O2/c1-19-5-4-6-21(17-19)27-15-13-26(14-16-27)12-3-2-11-25-23(28)18-29-22-9-7-20(24)8-10-22/h4-10,17H,2-3,11-16,18H2,1H3,(H,25,28). The van der Waals surface area contributed by atoms with Crippen molar-refractivity contribution in [2.75, 3.05) is 50.8 Å². The van der Waals surface area contributed by atoms with Crippen molar-refractivity contribution in [2.24, 2.45) is 0 Å². The molecule has 0 bridgehead atoms. The van der Waals surface area contributed by atoms with E-state index in [-0.39, 0.29) is 12.5 Å². The molecule has 3 rings (SSSR count). The maximum Gasteiger partial charge on any atom is 0.257 e. The number of halogens is 1. The third-order valence-electron chi connectivity index (χ3n) is 5.15. The lowest BCUT2D eigenvalue weighted by molar-refractivity contribution is -0.123. The Labute approximate surface area is 182 Å². The molecule has 0 unspecified atom stereocenters. The van der Waals surface area contributed by atoms with E-state index in [1.54, 1.807) is 0 Å². The maximum absolute atomic E-state index is 11.9. The molecule has 1 saturated heterocycles. The van der Waals surface area contributed by atoms with Gasteiger partial charge in [0.25, 0.3) is 5.91 Å². The monoisotopic (exact) mass is 459 g/mol. The summed E-state index contributed by atoms with van der Waals surface area (Å²) in [6.45, 7) is 8.34. The van der Waals surface area contributed by atoms with Gasteiger partial charge in [0.1, 0.15) is 5.75 Å². The smallest absolute Gasteiger partial charge is 0.257 e. The molecule has 0 aliphatic carbocycles. The zero-order valence-corrected chi connectivity index (χ0v) is 18.7. The fourth-order valence-electron chi connectivity index (χ4n) is 3.47. The number of carbonyl (C=O) groups is 1. The van der Waals surface area contributed by atoms with Crippen molar-refractivity contribution in [1.29, 1.82) is 0 Å². The van der Waals surface area contributed by atoms with Gasteiger partial charge in [-0.3, -0.25) is 9.69 Å². The average Bonchev–Trinajstić information content (AvgIpc) is 2.73. The highest BCUT2D eigenvalue weighted by Gasteiger charge is 2.16. The molecule has 1 N–H and O–H groups in total. The molecule has 0 spiro atoms. The molecule has 5 nitrogen and oxygen atoms in total. The molecule has 156 valence electrons. The number of ether oxygens (including phenoxy) is 1. The van der Waals surface area contributed by atoms with Crippen LogP contribution in [0.3, 0.4) is 0 Å². The van der Waals surface area contributed by atoms with Crippen LogP contribution in [0, 0.1) is 6.92 Å². The highest BCUT2D eigenvalue weighted by molar-refractivity contribution is 9.10. The minimum atomic E-state index is -0.0697. The summed E-state index contributed by atoms with van der Waals surface area (Å²) in [6.07, 6.45) is 2.08. The summed E-state index contributed by atoms with van der Waals surface area (Å²) in [5.74, 6) is 0.632. The van der Waals surface area contributed by atoms with E-state index in [1.807, 2.05) is 24.3 Å². The first-order valence-electron chi connectivity index (χ1n) is 10.3. The zero-order valence-electron chi connectivity index (χ0n) is 17.1. The Bertz CT molecular complexity index is 774. The van der Waals surface area contributed by atoms with Crippen LogP contribution >= 0.6 is 15.9 Å². The van der Waals surface area contributed by atoms with E-state index in [1.165, 1.54) is 11.3 Å². The second-order valence-corrected chi connectivity index (χ2v) is 8.38. The summed E-state index contributed by atoms with van der Waals surface area (Å²) < 4.78 is 6.47. The van der Waals surface area contributed by atoms with Gasteiger partial charge in [-0.25, -0.2) is 0 Å². The molecule has 29 heavy (non-hydrogen) atoms. The summed E-state index contributed by atoms with van der Waals surface area (Å²) in [4.78, 5) is 16.9. The van der Waals surface area contributed by atoms with Crippen LogP contribution in [0.1, 0.15) is 18.4 Å². The predicted molar refractivity (Wildman–Crippen MR) is 122 cm³/mol. The molecule has 1 heterocycles. The fraction of sp³-hybridized carbons (Fsp3) is 0.435. The summed E-state index contributed by atoms with van der Waals surface area (Å²) in [6, 6.07) is 16.2. The first-order chi connectivity index (χ1) is 14.1. The average molecular weight is 460 g/mol. The number of rotatable bonds is 9. The minimum absolute atomic E-state index is 0.0581. The molecule has 0 atom stereocenters. The van der Waals surface area contributed by atoms with Crippen LogP contribution in [0.15, 0.2) is 53.0 Å². The molecule has 6 heteroatoms. The molecule has 1 aliphatic heterocycles. The summed E-state index contributed by atoms with van der Waals surface area (Å²) in [5.41, 5.74) is 2.65. The summed E-state index contributed by atoms with van der Waals surface area (Å²) >= 11 is 3.38. The number of carbonyl (C=O) groups excluding carboxylic acids is 1. The van der Waals surface area contributed by atoms with Gasteiger partial charge in [-0.15, -0.1) is 0 Å². The van der Waals surface area contributed by atoms with Gasteiger partial charge in [0.05, 0.1) is 0 Å². The predicted octanol–water partition coefficient (Wildman–Crippen LogP) is 3.85.